The van der Waals surface area contributed by atoms with E-state index in [1.807, 2.05) is 24.3 Å². The molecule has 2 heteroatoms. The van der Waals surface area contributed by atoms with E-state index in [4.69, 9.17) is 9.84 Å². The van der Waals surface area contributed by atoms with Crippen LogP contribution in [0.1, 0.15) is 24.8 Å². The third-order valence-corrected chi connectivity index (χ3v) is 2.29. The zero-order valence-electron chi connectivity index (χ0n) is 9.64. The summed E-state index contributed by atoms with van der Waals surface area (Å²) in [5, 5.41) is 8.53. The van der Waals surface area contributed by atoms with Crippen molar-refractivity contribution in [2.75, 3.05) is 13.2 Å². The average molecular weight is 220 g/mol. The highest BCUT2D eigenvalue weighted by Gasteiger charge is 1.88. The molecule has 0 spiro atoms. The van der Waals surface area contributed by atoms with E-state index in [0.717, 1.165) is 19.4 Å². The molecule has 0 saturated heterocycles. The molecule has 0 aliphatic carbocycles. The SMILES string of the molecule is C1=COCCC1.OCCCc1ccccc1. The average Bonchev–Trinajstić information content (AvgIpc) is 2.40. The van der Waals surface area contributed by atoms with Crippen LogP contribution < -0.4 is 0 Å². The van der Waals surface area contributed by atoms with Crippen LogP contribution in [0.3, 0.4) is 0 Å². The molecule has 1 N–H and O–H groups in total. The van der Waals surface area contributed by atoms with Gasteiger partial charge in [0.25, 0.3) is 0 Å². The van der Waals surface area contributed by atoms with Crippen LogP contribution in [0.5, 0.6) is 0 Å². The summed E-state index contributed by atoms with van der Waals surface area (Å²) in [4.78, 5) is 0. The fourth-order valence-electron chi connectivity index (χ4n) is 1.42. The van der Waals surface area contributed by atoms with Crippen molar-refractivity contribution in [2.45, 2.75) is 25.7 Å². The lowest BCUT2D eigenvalue weighted by atomic mass is 10.1. The Balaban J connectivity index is 0.000000181. The third-order valence-electron chi connectivity index (χ3n) is 2.29. The van der Waals surface area contributed by atoms with Crippen LogP contribution in [0, 0.1) is 0 Å². The Morgan fingerprint density at radius 3 is 2.44 bits per heavy atom. The Bertz CT molecular complexity index is 272. The maximum Gasteiger partial charge on any atom is 0.0876 e. The minimum Gasteiger partial charge on any atom is -0.502 e. The molecule has 0 saturated carbocycles. The predicted molar refractivity (Wildman–Crippen MR) is 66.2 cm³/mol. The minimum absolute atomic E-state index is 0.287. The summed E-state index contributed by atoms with van der Waals surface area (Å²) >= 11 is 0. The molecule has 0 aromatic heterocycles. The van der Waals surface area contributed by atoms with Gasteiger partial charge in [0.2, 0.25) is 0 Å². The minimum atomic E-state index is 0.287. The third kappa shape index (κ3) is 6.25. The van der Waals surface area contributed by atoms with Gasteiger partial charge in [-0.25, -0.2) is 0 Å². The highest BCUT2D eigenvalue weighted by molar-refractivity contribution is 5.14. The number of rotatable bonds is 3. The molecule has 0 unspecified atom stereocenters. The number of ether oxygens (including phenoxy) is 1. The van der Waals surface area contributed by atoms with Gasteiger partial charge in [0, 0.05) is 6.61 Å². The number of hydrogen-bond acceptors (Lipinski definition) is 2. The molecule has 1 aromatic rings. The maximum atomic E-state index is 8.53. The van der Waals surface area contributed by atoms with Gasteiger partial charge in [-0.3, -0.25) is 0 Å². The Morgan fingerprint density at radius 1 is 1.19 bits per heavy atom. The molecule has 1 aliphatic rings. The van der Waals surface area contributed by atoms with Crippen molar-refractivity contribution in [3.63, 3.8) is 0 Å². The summed E-state index contributed by atoms with van der Waals surface area (Å²) in [5.41, 5.74) is 1.30. The first kappa shape index (κ1) is 12.8. The normalized spacial score (nSPS) is 13.6. The standard InChI is InChI=1S/C9H12O.C5H8O/c10-8-4-7-9-5-2-1-3-6-9;1-2-4-6-5-3-1/h1-3,5-6,10H,4,7-8H2;2,4H,1,3,5H2. The summed E-state index contributed by atoms with van der Waals surface area (Å²) in [5.74, 6) is 0. The van der Waals surface area contributed by atoms with E-state index in [9.17, 15) is 0 Å². The van der Waals surface area contributed by atoms with Gasteiger partial charge in [-0.2, -0.15) is 0 Å². The summed E-state index contributed by atoms with van der Waals surface area (Å²) in [6.45, 7) is 1.20. The Hall–Kier alpha value is -1.28. The van der Waals surface area contributed by atoms with E-state index < -0.39 is 0 Å². The first-order valence-electron chi connectivity index (χ1n) is 5.85. The molecule has 2 rings (SSSR count). The molecule has 16 heavy (non-hydrogen) atoms. The van der Waals surface area contributed by atoms with Gasteiger partial charge in [-0.05, 0) is 37.3 Å². The van der Waals surface area contributed by atoms with Crippen LogP contribution in [0.15, 0.2) is 42.7 Å². The molecule has 1 aromatic carbocycles. The predicted octanol–water partition coefficient (Wildman–Crippen LogP) is 2.92. The number of hydrogen-bond donors (Lipinski definition) is 1. The van der Waals surface area contributed by atoms with Crippen molar-refractivity contribution in [3.05, 3.63) is 48.2 Å². The van der Waals surface area contributed by atoms with Crippen molar-refractivity contribution in [1.29, 1.82) is 0 Å². The number of aliphatic hydroxyl groups excluding tert-OH is 1. The van der Waals surface area contributed by atoms with Crippen LogP contribution >= 0.6 is 0 Å². The Kier molecular flexibility index (Phi) is 7.18. The zero-order valence-corrected chi connectivity index (χ0v) is 9.64. The summed E-state index contributed by atoms with van der Waals surface area (Å²) < 4.78 is 4.89. The second-order valence-electron chi connectivity index (χ2n) is 3.70. The van der Waals surface area contributed by atoms with Gasteiger partial charge in [0.05, 0.1) is 12.9 Å². The van der Waals surface area contributed by atoms with Gasteiger partial charge < -0.3 is 9.84 Å². The van der Waals surface area contributed by atoms with Crippen LogP contribution in [0.2, 0.25) is 0 Å². The van der Waals surface area contributed by atoms with Gasteiger partial charge in [0.15, 0.2) is 0 Å². The Morgan fingerprint density at radius 2 is 2.00 bits per heavy atom. The van der Waals surface area contributed by atoms with Crippen LogP contribution in [0.4, 0.5) is 0 Å². The number of allylic oxidation sites excluding steroid dienone is 1. The maximum absolute atomic E-state index is 8.53. The second kappa shape index (κ2) is 8.98. The molecular weight excluding hydrogens is 200 g/mol. The van der Waals surface area contributed by atoms with Crippen molar-refractivity contribution in [2.24, 2.45) is 0 Å². The summed E-state index contributed by atoms with van der Waals surface area (Å²) in [6, 6.07) is 10.2. The van der Waals surface area contributed by atoms with Crippen LogP contribution in [0.25, 0.3) is 0 Å². The molecule has 0 bridgehead atoms. The van der Waals surface area contributed by atoms with Crippen molar-refractivity contribution < 1.29 is 9.84 Å². The molecule has 1 heterocycles. The lowest BCUT2D eigenvalue weighted by molar-refractivity contribution is 0.231. The van der Waals surface area contributed by atoms with E-state index in [1.165, 1.54) is 18.4 Å². The van der Waals surface area contributed by atoms with Gasteiger partial charge in [0.1, 0.15) is 0 Å². The van der Waals surface area contributed by atoms with E-state index in [0.29, 0.717) is 0 Å². The van der Waals surface area contributed by atoms with Gasteiger partial charge >= 0.3 is 0 Å². The van der Waals surface area contributed by atoms with Crippen LogP contribution in [-0.2, 0) is 11.2 Å². The molecule has 0 atom stereocenters. The molecular formula is C14H20O2. The lowest BCUT2D eigenvalue weighted by Gasteiger charge is -2.01. The fourth-order valence-corrected chi connectivity index (χ4v) is 1.42. The van der Waals surface area contributed by atoms with E-state index in [2.05, 4.69) is 12.1 Å². The number of aliphatic hydroxyl groups is 1. The van der Waals surface area contributed by atoms with Crippen molar-refractivity contribution in [3.8, 4) is 0 Å². The Labute approximate surface area is 97.6 Å². The smallest absolute Gasteiger partial charge is 0.0876 e. The van der Waals surface area contributed by atoms with Gasteiger partial charge in [-0.15, -0.1) is 0 Å². The van der Waals surface area contributed by atoms with E-state index >= 15 is 0 Å². The van der Waals surface area contributed by atoms with Crippen molar-refractivity contribution in [1.82, 2.24) is 0 Å². The second-order valence-corrected chi connectivity index (χ2v) is 3.70. The monoisotopic (exact) mass is 220 g/mol. The topological polar surface area (TPSA) is 29.5 Å². The van der Waals surface area contributed by atoms with Gasteiger partial charge in [-0.1, -0.05) is 30.3 Å². The summed E-state index contributed by atoms with van der Waals surface area (Å²) in [7, 11) is 0. The molecule has 88 valence electrons. The van der Waals surface area contributed by atoms with Crippen molar-refractivity contribution >= 4 is 0 Å². The number of aryl methyl sites for hydroxylation is 1. The highest BCUT2D eigenvalue weighted by Crippen LogP contribution is 2.00. The fraction of sp³-hybridized carbons (Fsp3) is 0.429. The lowest BCUT2D eigenvalue weighted by Crippen LogP contribution is -1.90. The first-order chi connectivity index (χ1) is 7.93. The molecule has 0 fully saturated rings. The first-order valence-corrected chi connectivity index (χ1v) is 5.85. The molecule has 1 aliphatic heterocycles. The largest absolute Gasteiger partial charge is 0.502 e. The van der Waals surface area contributed by atoms with E-state index in [-0.39, 0.29) is 6.61 Å². The quantitative estimate of drug-likeness (QED) is 0.848. The highest BCUT2D eigenvalue weighted by atomic mass is 16.5. The van der Waals surface area contributed by atoms with Crippen LogP contribution in [-0.4, -0.2) is 18.3 Å². The van der Waals surface area contributed by atoms with E-state index in [1.54, 1.807) is 6.26 Å². The summed E-state index contributed by atoms with van der Waals surface area (Å²) in [6.07, 6.45) is 8.05. The zero-order chi connectivity index (χ0) is 11.5. The number of benzene rings is 1. The molecule has 0 radical (unpaired) electrons. The molecule has 2 nitrogen and oxygen atoms in total. The molecule has 0 amide bonds.